The van der Waals surface area contributed by atoms with E-state index in [1.54, 1.807) is 23.5 Å². The molecule has 140 valence electrons. The van der Waals surface area contributed by atoms with Crippen molar-refractivity contribution in [3.63, 3.8) is 0 Å². The second kappa shape index (κ2) is 9.09. The van der Waals surface area contributed by atoms with Crippen molar-refractivity contribution < 1.29 is 14.0 Å². The number of hydrogen-bond acceptors (Lipinski definition) is 6. The Morgan fingerprint density at radius 3 is 2.74 bits per heavy atom. The third kappa shape index (κ3) is 5.49. The van der Waals surface area contributed by atoms with Crippen LogP contribution in [0.1, 0.15) is 29.6 Å². The summed E-state index contributed by atoms with van der Waals surface area (Å²) in [4.78, 5) is 13.9. The highest BCUT2D eigenvalue weighted by Crippen LogP contribution is 2.19. The van der Waals surface area contributed by atoms with E-state index in [0.717, 1.165) is 23.5 Å². The van der Waals surface area contributed by atoms with Crippen molar-refractivity contribution in [2.45, 2.75) is 26.4 Å². The van der Waals surface area contributed by atoms with Crippen LogP contribution in [0.4, 0.5) is 4.39 Å². The number of ether oxygens (including phenoxy) is 1. The van der Waals surface area contributed by atoms with Crippen LogP contribution in [-0.4, -0.2) is 15.8 Å². The fourth-order valence-electron chi connectivity index (χ4n) is 2.18. The molecule has 8 heteroatoms. The van der Waals surface area contributed by atoms with Gasteiger partial charge in [0.1, 0.15) is 11.6 Å². The molecule has 0 fully saturated rings. The molecular weight excluding hydrogens is 367 g/mol. The van der Waals surface area contributed by atoms with Gasteiger partial charge in [0, 0.05) is 23.2 Å². The van der Waals surface area contributed by atoms with Crippen molar-refractivity contribution in [2.24, 2.45) is 10.9 Å². The van der Waals surface area contributed by atoms with Gasteiger partial charge in [0.2, 0.25) is 5.88 Å². The molecule has 3 rings (SSSR count). The largest absolute Gasteiger partial charge is 0.439 e. The zero-order valence-electron chi connectivity index (χ0n) is 14.8. The highest BCUT2D eigenvalue weighted by molar-refractivity contribution is 7.09. The lowest BCUT2D eigenvalue weighted by atomic mass is 10.3. The Kier molecular flexibility index (Phi) is 6.32. The monoisotopic (exact) mass is 386 g/mol. The number of thiazole rings is 1. The number of benzene rings is 1. The molecule has 0 saturated heterocycles. The molecule has 3 aromatic rings. The number of halogens is 1. The van der Waals surface area contributed by atoms with E-state index in [2.05, 4.69) is 22.0 Å². The number of hydrogen-bond donors (Lipinski definition) is 1. The molecule has 0 unspecified atom stereocenters. The number of pyridine rings is 1. The topological polar surface area (TPSA) is 82.6 Å². The van der Waals surface area contributed by atoms with E-state index in [0.29, 0.717) is 17.2 Å². The highest BCUT2D eigenvalue weighted by atomic mass is 32.1. The lowest BCUT2D eigenvalue weighted by molar-refractivity contribution is 0.128. The molecule has 2 N–H and O–H groups in total. The summed E-state index contributed by atoms with van der Waals surface area (Å²) in [6.45, 7) is 2.38. The van der Waals surface area contributed by atoms with E-state index >= 15 is 0 Å². The molecule has 0 aliphatic carbocycles. The van der Waals surface area contributed by atoms with E-state index in [1.807, 2.05) is 5.38 Å². The summed E-state index contributed by atoms with van der Waals surface area (Å²) < 4.78 is 18.4. The second-order valence-electron chi connectivity index (χ2n) is 5.67. The first kappa shape index (κ1) is 18.8. The fraction of sp³-hybridized carbons (Fsp3) is 0.211. The zero-order chi connectivity index (χ0) is 19.1. The molecule has 0 aliphatic heterocycles. The van der Waals surface area contributed by atoms with Gasteiger partial charge in [-0.2, -0.15) is 0 Å². The molecule has 2 aromatic heterocycles. The smallest absolute Gasteiger partial charge is 0.219 e. The maximum atomic E-state index is 12.9. The minimum Gasteiger partial charge on any atom is -0.439 e. The molecule has 0 saturated carbocycles. The molecule has 0 bridgehead atoms. The number of oxime groups is 1. The lowest BCUT2D eigenvalue weighted by Gasteiger charge is -2.05. The van der Waals surface area contributed by atoms with Crippen LogP contribution in [0.25, 0.3) is 0 Å². The number of nitrogens with two attached hydrogens (primary N) is 1. The third-order valence-corrected chi connectivity index (χ3v) is 4.46. The number of rotatable bonds is 8. The first-order chi connectivity index (χ1) is 13.1. The maximum Gasteiger partial charge on any atom is 0.219 e. The number of aryl methyl sites for hydroxylation is 1. The molecule has 1 aromatic carbocycles. The summed E-state index contributed by atoms with van der Waals surface area (Å²) in [6.07, 6.45) is 3.56. The van der Waals surface area contributed by atoms with Gasteiger partial charge in [0.05, 0.1) is 10.7 Å². The van der Waals surface area contributed by atoms with Crippen LogP contribution >= 0.6 is 11.3 Å². The van der Waals surface area contributed by atoms with E-state index in [1.165, 1.54) is 30.5 Å². The Morgan fingerprint density at radius 2 is 2.04 bits per heavy atom. The quantitative estimate of drug-likeness (QED) is 0.355. The lowest BCUT2D eigenvalue weighted by Crippen LogP contribution is -2.14. The Bertz CT molecular complexity index is 895. The summed E-state index contributed by atoms with van der Waals surface area (Å²) >= 11 is 1.62. The molecule has 0 atom stereocenters. The molecule has 0 radical (unpaired) electrons. The molecule has 27 heavy (non-hydrogen) atoms. The van der Waals surface area contributed by atoms with Gasteiger partial charge in [0.15, 0.2) is 12.4 Å². The van der Waals surface area contributed by atoms with Gasteiger partial charge < -0.3 is 15.3 Å². The predicted octanol–water partition coefficient (Wildman–Crippen LogP) is 4.26. The van der Waals surface area contributed by atoms with E-state index < -0.39 is 0 Å². The van der Waals surface area contributed by atoms with Crippen LogP contribution in [0.15, 0.2) is 53.1 Å². The highest BCUT2D eigenvalue weighted by Gasteiger charge is 2.05. The molecule has 0 spiro atoms. The van der Waals surface area contributed by atoms with E-state index in [4.69, 9.17) is 15.3 Å². The molecular formula is C19H19FN4O2S. The Labute approximate surface area is 160 Å². The van der Waals surface area contributed by atoms with Gasteiger partial charge in [0.25, 0.3) is 0 Å². The van der Waals surface area contributed by atoms with Crippen molar-refractivity contribution in [2.75, 3.05) is 0 Å². The van der Waals surface area contributed by atoms with Gasteiger partial charge in [-0.1, -0.05) is 12.1 Å². The Balaban J connectivity index is 1.55. The summed E-state index contributed by atoms with van der Waals surface area (Å²) in [5.74, 6) is 0.742. The number of amidine groups is 1. The fourth-order valence-corrected chi connectivity index (χ4v) is 3.06. The first-order valence-electron chi connectivity index (χ1n) is 8.42. The summed E-state index contributed by atoms with van der Waals surface area (Å²) in [5, 5.41) is 6.95. The number of aromatic nitrogens is 2. The molecule has 0 aliphatic rings. The van der Waals surface area contributed by atoms with Crippen LogP contribution in [0.3, 0.4) is 0 Å². The van der Waals surface area contributed by atoms with Gasteiger partial charge in [-0.15, -0.1) is 11.3 Å². The zero-order valence-corrected chi connectivity index (χ0v) is 15.6. The van der Waals surface area contributed by atoms with Crippen molar-refractivity contribution in [1.82, 2.24) is 9.97 Å². The molecule has 0 amide bonds. The third-order valence-electron chi connectivity index (χ3n) is 3.51. The van der Waals surface area contributed by atoms with Crippen molar-refractivity contribution in [1.29, 1.82) is 0 Å². The SMILES string of the molecule is CCCc1nc(CO/N=C(/N)c2ccc(Oc3ccc(F)cc3)nc2)cs1. The summed E-state index contributed by atoms with van der Waals surface area (Å²) in [6, 6.07) is 9.06. The van der Waals surface area contributed by atoms with Crippen LogP contribution in [0, 0.1) is 5.82 Å². The van der Waals surface area contributed by atoms with Gasteiger partial charge in [-0.3, -0.25) is 0 Å². The Morgan fingerprint density at radius 1 is 1.22 bits per heavy atom. The molecule has 2 heterocycles. The number of nitrogens with zero attached hydrogens (tertiary/aromatic N) is 3. The molecule has 6 nitrogen and oxygen atoms in total. The normalized spacial score (nSPS) is 11.4. The summed E-state index contributed by atoms with van der Waals surface area (Å²) in [7, 11) is 0. The van der Waals surface area contributed by atoms with Crippen LogP contribution in [-0.2, 0) is 17.9 Å². The van der Waals surface area contributed by atoms with Gasteiger partial charge >= 0.3 is 0 Å². The second-order valence-corrected chi connectivity index (χ2v) is 6.62. The first-order valence-corrected chi connectivity index (χ1v) is 9.30. The van der Waals surface area contributed by atoms with Crippen LogP contribution in [0.2, 0.25) is 0 Å². The minimum atomic E-state index is -0.325. The van der Waals surface area contributed by atoms with Gasteiger partial charge in [-0.05, 0) is 43.2 Å². The van der Waals surface area contributed by atoms with Crippen LogP contribution in [0.5, 0.6) is 11.6 Å². The minimum absolute atomic E-state index is 0.208. The van der Waals surface area contributed by atoms with Crippen molar-refractivity contribution in [3.05, 3.63) is 70.1 Å². The average Bonchev–Trinajstić information content (AvgIpc) is 3.12. The van der Waals surface area contributed by atoms with Gasteiger partial charge in [-0.25, -0.2) is 14.4 Å². The van der Waals surface area contributed by atoms with Crippen LogP contribution < -0.4 is 10.5 Å². The Hall–Kier alpha value is -3.00. The average molecular weight is 386 g/mol. The predicted molar refractivity (Wildman–Crippen MR) is 102 cm³/mol. The van der Waals surface area contributed by atoms with E-state index in [9.17, 15) is 4.39 Å². The van der Waals surface area contributed by atoms with Crippen molar-refractivity contribution in [3.8, 4) is 11.6 Å². The van der Waals surface area contributed by atoms with E-state index in [-0.39, 0.29) is 18.3 Å². The maximum absolute atomic E-state index is 12.9. The van der Waals surface area contributed by atoms with Crippen molar-refractivity contribution >= 4 is 17.2 Å². The summed E-state index contributed by atoms with van der Waals surface area (Å²) in [5.41, 5.74) is 7.35. The standard InChI is InChI=1S/C19H19FN4O2S/c1-2-3-18-23-15(12-27-18)11-25-24-19(21)13-4-9-17(22-10-13)26-16-7-5-14(20)6-8-16/h4-10,12H,2-3,11H2,1H3,(H2,21,24).